The zero-order valence-electron chi connectivity index (χ0n) is 55.7. The maximum absolute atomic E-state index is 14.4. The summed E-state index contributed by atoms with van der Waals surface area (Å²) in [4.78, 5) is 148. The van der Waals surface area contributed by atoms with Gasteiger partial charge in [-0.05, 0) is 134 Å². The smallest absolute Gasteiger partial charge is 0.410 e. The molecule has 2 saturated heterocycles. The summed E-state index contributed by atoms with van der Waals surface area (Å²) in [6.45, 7) is 16.3. The highest BCUT2D eigenvalue weighted by molar-refractivity contribution is 6.28. The van der Waals surface area contributed by atoms with Crippen molar-refractivity contribution < 1.29 is 57.4 Å². The molecule has 0 aliphatic carbocycles. The highest BCUT2D eigenvalue weighted by Gasteiger charge is 2.37. The molecular formula is C70H91N13O12. The predicted molar refractivity (Wildman–Crippen MR) is 362 cm³/mol. The number of nitrogens with one attached hydrogen (secondary N) is 5. The Kier molecular flexibility index (Phi) is 23.5. The summed E-state index contributed by atoms with van der Waals surface area (Å²) >= 11 is 0. The second-order valence-corrected chi connectivity index (χ2v) is 26.2. The SMILES string of the molecule is CC(C)[C@H](NC(=O)CCCCC(=O)OC(C)(C)C)C(=O)N[C@@H](CCCNC(N)=O)C(=O)Nc1ccc(COC(=O)N(CCCNCCN2C(=O)c3cccc4c(N5CCN(C)CC5)ccc(c34)C2=O)CCN2C(=O)c3cccc4c(N5CCN(C)CC5)ccc(c34)C2=O)cc1. The lowest BCUT2D eigenvalue weighted by atomic mass is 9.92. The van der Waals surface area contributed by atoms with Crippen LogP contribution in [0.4, 0.5) is 26.7 Å². The van der Waals surface area contributed by atoms with Gasteiger partial charge in [0.05, 0.1) is 0 Å². The number of likely N-dealkylation sites (N-methyl/N-ethyl adjacent to an activating group) is 2. The number of anilines is 3. The number of nitrogens with two attached hydrogens (primary N) is 1. The van der Waals surface area contributed by atoms with Gasteiger partial charge >= 0.3 is 18.1 Å². The first-order valence-corrected chi connectivity index (χ1v) is 33.0. The van der Waals surface area contributed by atoms with Gasteiger partial charge in [0, 0.05) is 165 Å². The highest BCUT2D eigenvalue weighted by atomic mass is 16.6. The molecule has 0 radical (unpaired) electrons. The van der Waals surface area contributed by atoms with Crippen LogP contribution in [0.2, 0.25) is 0 Å². The number of hydrogen-bond acceptors (Lipinski definition) is 17. The third-order valence-electron chi connectivity index (χ3n) is 17.7. The van der Waals surface area contributed by atoms with Crippen LogP contribution in [0.25, 0.3) is 21.5 Å². The molecule has 0 spiro atoms. The molecule has 0 unspecified atom stereocenters. The molecule has 2 atom stereocenters. The predicted octanol–water partition coefficient (Wildman–Crippen LogP) is 5.92. The van der Waals surface area contributed by atoms with Crippen LogP contribution in [0.5, 0.6) is 0 Å². The highest BCUT2D eigenvalue weighted by Crippen LogP contribution is 2.38. The molecular weight excluding hydrogens is 1210 g/mol. The van der Waals surface area contributed by atoms with Gasteiger partial charge in [0.15, 0.2) is 0 Å². The summed E-state index contributed by atoms with van der Waals surface area (Å²) in [6.07, 6.45) is 1.03. The van der Waals surface area contributed by atoms with Crippen molar-refractivity contribution in [2.45, 2.75) is 104 Å². The zero-order chi connectivity index (χ0) is 68.1. The Bertz CT molecular complexity index is 3630. The molecule has 25 heteroatoms. The van der Waals surface area contributed by atoms with E-state index in [0.717, 1.165) is 74.5 Å². The number of unbranched alkanes of at least 4 members (excludes halogenated alkanes) is 1. The van der Waals surface area contributed by atoms with Gasteiger partial charge in [0.1, 0.15) is 24.3 Å². The lowest BCUT2D eigenvalue weighted by Gasteiger charge is -2.36. The summed E-state index contributed by atoms with van der Waals surface area (Å²) in [5.41, 5.74) is 9.27. The van der Waals surface area contributed by atoms with Gasteiger partial charge in [-0.2, -0.15) is 0 Å². The summed E-state index contributed by atoms with van der Waals surface area (Å²) in [6, 6.07) is 22.3. The molecule has 95 heavy (non-hydrogen) atoms. The minimum Gasteiger partial charge on any atom is -0.460 e. The van der Waals surface area contributed by atoms with Crippen molar-refractivity contribution in [3.63, 3.8) is 0 Å². The second-order valence-electron chi connectivity index (χ2n) is 26.2. The van der Waals surface area contributed by atoms with Crippen LogP contribution in [0.3, 0.4) is 0 Å². The van der Waals surface area contributed by atoms with Gasteiger partial charge in [-0.25, -0.2) is 9.59 Å². The van der Waals surface area contributed by atoms with Gasteiger partial charge in [-0.1, -0.05) is 50.2 Å². The number of ether oxygens (including phenoxy) is 2. The molecule has 508 valence electrons. The van der Waals surface area contributed by atoms with Gasteiger partial charge in [-0.3, -0.25) is 48.2 Å². The number of primary amides is 1. The molecule has 4 aliphatic heterocycles. The van der Waals surface area contributed by atoms with E-state index in [1.807, 2.05) is 42.5 Å². The molecule has 25 nitrogen and oxygen atoms in total. The number of carbonyl (C=O) groups is 10. The maximum Gasteiger partial charge on any atom is 0.410 e. The lowest BCUT2D eigenvalue weighted by molar-refractivity contribution is -0.155. The number of rotatable bonds is 29. The Morgan fingerprint density at radius 1 is 0.589 bits per heavy atom. The molecule has 4 aliphatic rings. The fraction of sp³-hybridized carbons (Fsp3) is 0.486. The monoisotopic (exact) mass is 1310 g/mol. The maximum atomic E-state index is 14.4. The summed E-state index contributed by atoms with van der Waals surface area (Å²) in [5.74, 6) is -3.98. The van der Waals surface area contributed by atoms with Crippen LogP contribution in [0.15, 0.2) is 84.9 Å². The first kappa shape index (κ1) is 70.1. The summed E-state index contributed by atoms with van der Waals surface area (Å²) in [7, 11) is 4.17. The molecule has 7 N–H and O–H groups in total. The van der Waals surface area contributed by atoms with Crippen molar-refractivity contribution in [3.05, 3.63) is 113 Å². The first-order valence-electron chi connectivity index (χ1n) is 33.0. The Labute approximate surface area is 554 Å². The van der Waals surface area contributed by atoms with E-state index in [1.54, 1.807) is 77.1 Å². The van der Waals surface area contributed by atoms with Gasteiger partial charge in [-0.15, -0.1) is 0 Å². The fourth-order valence-electron chi connectivity index (χ4n) is 12.5. The summed E-state index contributed by atoms with van der Waals surface area (Å²) < 4.78 is 11.2. The number of benzene rings is 5. The van der Waals surface area contributed by atoms with Crippen LogP contribution in [0.1, 0.15) is 127 Å². The number of hydrogen-bond donors (Lipinski definition) is 6. The third kappa shape index (κ3) is 17.8. The quantitative estimate of drug-likeness (QED) is 0.0184. The number of carbonyl (C=O) groups excluding carboxylic acids is 10. The van der Waals surface area contributed by atoms with Gasteiger partial charge < -0.3 is 66.3 Å². The second kappa shape index (κ2) is 31.8. The molecule has 4 heterocycles. The molecule has 0 saturated carbocycles. The van der Waals surface area contributed by atoms with Crippen molar-refractivity contribution in [1.29, 1.82) is 0 Å². The van der Waals surface area contributed by atoms with Crippen LogP contribution in [-0.2, 0) is 35.3 Å². The fourth-order valence-corrected chi connectivity index (χ4v) is 12.5. The Balaban J connectivity index is 0.827. The standard InChI is InChI=1S/C70H91N13O12/c1-45(2)61(76-57(84)19-8-9-20-58(85)95-70(3,4)5)63(87)75-54(18-12-30-73-68(71)92)62(86)74-47-23-21-46(22-24-47)44-94-69(93)81(42-43-83-65(89)51-17-11-15-49-56(80-40-36-78(7)37-41-80)28-26-53(60(49)51)67(83)91)32-13-29-72-31-33-82-64(88)50-16-10-14-48-55(79-38-34-77(6)35-39-79)27-25-52(59(48)50)66(82)90/h10-11,14-17,21-28,45,54,61,72H,8-9,12-13,18-20,29-44H2,1-7H3,(H,74,86)(H,75,87)(H,76,84)(H3,71,73,92)/t54-,61-/m0/s1. The van der Waals surface area contributed by atoms with Crippen LogP contribution in [0, 0.1) is 5.92 Å². The van der Waals surface area contributed by atoms with E-state index in [1.165, 1.54) is 14.7 Å². The Morgan fingerprint density at radius 2 is 1.13 bits per heavy atom. The number of esters is 1. The van der Waals surface area contributed by atoms with Crippen molar-refractivity contribution in [2.24, 2.45) is 11.7 Å². The third-order valence-corrected chi connectivity index (χ3v) is 17.7. The van der Waals surface area contributed by atoms with E-state index in [9.17, 15) is 47.9 Å². The van der Waals surface area contributed by atoms with Crippen molar-refractivity contribution in [1.82, 2.24) is 45.8 Å². The first-order chi connectivity index (χ1) is 45.5. The summed E-state index contributed by atoms with van der Waals surface area (Å²) in [5, 5.41) is 17.2. The molecule has 0 aromatic heterocycles. The van der Waals surface area contributed by atoms with E-state index in [2.05, 4.69) is 60.3 Å². The molecule has 9 rings (SSSR count). The van der Waals surface area contributed by atoms with Crippen LogP contribution >= 0.6 is 0 Å². The van der Waals surface area contributed by atoms with E-state index in [4.69, 9.17) is 15.2 Å². The van der Waals surface area contributed by atoms with E-state index < -0.39 is 59.3 Å². The zero-order valence-corrected chi connectivity index (χ0v) is 55.7. The Hall–Kier alpha value is -9.20. The minimum atomic E-state index is -1.11. The van der Waals surface area contributed by atoms with Gasteiger partial charge in [0.25, 0.3) is 23.6 Å². The van der Waals surface area contributed by atoms with E-state index >= 15 is 0 Å². The van der Waals surface area contributed by atoms with Crippen molar-refractivity contribution in [2.75, 3.05) is 127 Å². The van der Waals surface area contributed by atoms with Crippen LogP contribution < -0.4 is 42.1 Å². The molecule has 10 amide bonds. The largest absolute Gasteiger partial charge is 0.460 e. The topological polar surface area (TPSA) is 298 Å². The van der Waals surface area contributed by atoms with E-state index in [0.29, 0.717) is 70.1 Å². The average Bonchev–Trinajstić information content (AvgIpc) is 0.745. The minimum absolute atomic E-state index is 0.0621. The average molecular weight is 1310 g/mol. The number of nitrogens with zero attached hydrogens (tertiary/aromatic N) is 7. The Morgan fingerprint density at radius 3 is 1.66 bits per heavy atom. The number of urea groups is 1. The molecule has 0 bridgehead atoms. The van der Waals surface area contributed by atoms with Crippen molar-refractivity contribution in [3.8, 4) is 0 Å². The van der Waals surface area contributed by atoms with Gasteiger partial charge in [0.2, 0.25) is 17.7 Å². The van der Waals surface area contributed by atoms with E-state index in [-0.39, 0.29) is 95.3 Å². The van der Waals surface area contributed by atoms with Crippen molar-refractivity contribution >= 4 is 98.1 Å². The number of imide groups is 2. The van der Waals surface area contributed by atoms with Crippen LogP contribution in [-0.4, -0.2) is 214 Å². The number of piperazine rings is 2. The lowest BCUT2D eigenvalue weighted by Crippen LogP contribution is -2.54. The number of amides is 10. The molecule has 5 aromatic carbocycles. The molecule has 2 fully saturated rings. The normalized spacial score (nSPS) is 15.9. The molecule has 5 aromatic rings.